The Hall–Kier alpha value is -4.83. The van der Waals surface area contributed by atoms with Crippen molar-refractivity contribution in [3.05, 3.63) is 143 Å². The quantitative estimate of drug-likeness (QED) is 0.109. The molecule has 0 spiro atoms. The average Bonchev–Trinajstić information content (AvgIpc) is 3.70. The van der Waals surface area contributed by atoms with E-state index >= 15 is 0 Å². The lowest BCUT2D eigenvalue weighted by molar-refractivity contribution is -0.112. The van der Waals surface area contributed by atoms with E-state index in [1.54, 1.807) is 0 Å². The molecule has 0 bridgehead atoms. The van der Waals surface area contributed by atoms with E-state index in [2.05, 4.69) is 168 Å². The van der Waals surface area contributed by atoms with E-state index in [0.717, 1.165) is 18.4 Å². The second-order valence-corrected chi connectivity index (χ2v) is 16.9. The molecule has 0 aliphatic rings. The van der Waals surface area contributed by atoms with E-state index in [1.807, 2.05) is 0 Å². The zero-order valence-corrected chi connectivity index (χ0v) is 32.6. The van der Waals surface area contributed by atoms with Crippen molar-refractivity contribution in [2.24, 2.45) is 0 Å². The van der Waals surface area contributed by atoms with Gasteiger partial charge in [-0.2, -0.15) is 0 Å². The van der Waals surface area contributed by atoms with E-state index in [4.69, 9.17) is 0 Å². The van der Waals surface area contributed by atoms with E-state index < -0.39 is 0 Å². The lowest BCUT2D eigenvalue weighted by Gasteiger charge is -2.27. The van der Waals surface area contributed by atoms with Gasteiger partial charge in [0.2, 0.25) is 0 Å². The fraction of sp³-hybridized carbons (Fsp3) is 0.354. The summed E-state index contributed by atoms with van der Waals surface area (Å²) in [6, 6.07) is 38.4. The van der Waals surface area contributed by atoms with Gasteiger partial charge in [-0.3, -0.25) is 4.79 Å². The number of carbonyl (C=O) groups excluding carboxylic acids is 1. The van der Waals surface area contributed by atoms with E-state index in [0.29, 0.717) is 24.7 Å². The minimum Gasteiger partial charge on any atom is -0.512 e. The van der Waals surface area contributed by atoms with Gasteiger partial charge in [0, 0.05) is 56.9 Å². The van der Waals surface area contributed by atoms with Crippen LogP contribution in [-0.4, -0.2) is 20.0 Å². The van der Waals surface area contributed by atoms with Gasteiger partial charge in [0.15, 0.2) is 5.78 Å². The number of carbonyl (C=O) groups is 1. The molecule has 4 heteroatoms. The van der Waals surface area contributed by atoms with E-state index in [1.165, 1.54) is 68.7 Å². The molecule has 0 fully saturated rings. The highest BCUT2D eigenvalue weighted by Crippen LogP contribution is 2.39. The molecule has 2 unspecified atom stereocenters. The van der Waals surface area contributed by atoms with Crippen molar-refractivity contribution in [3.63, 3.8) is 0 Å². The van der Waals surface area contributed by atoms with Crippen molar-refractivity contribution in [1.29, 1.82) is 0 Å². The number of para-hydroxylation sites is 2. The fourth-order valence-electron chi connectivity index (χ4n) is 7.77. The van der Waals surface area contributed by atoms with Gasteiger partial charge in [0.05, 0.1) is 16.8 Å². The minimum absolute atomic E-state index is 0.0561. The van der Waals surface area contributed by atoms with E-state index in [-0.39, 0.29) is 22.4 Å². The third-order valence-corrected chi connectivity index (χ3v) is 10.6. The molecule has 0 saturated carbocycles. The van der Waals surface area contributed by atoms with Crippen LogP contribution in [0, 0.1) is 0 Å². The summed E-state index contributed by atoms with van der Waals surface area (Å²) in [6.45, 7) is 20.0. The molecular weight excluding hydrogens is 637 g/mol. The van der Waals surface area contributed by atoms with Gasteiger partial charge in [-0.25, -0.2) is 0 Å². The highest BCUT2D eigenvalue weighted by atomic mass is 16.3. The average molecular weight is 693 g/mol. The van der Waals surface area contributed by atoms with Crippen molar-refractivity contribution in [3.8, 4) is 11.4 Å². The molecule has 0 radical (unpaired) electrons. The van der Waals surface area contributed by atoms with Crippen LogP contribution in [0.15, 0.2) is 115 Å². The summed E-state index contributed by atoms with van der Waals surface area (Å²) in [5, 5.41) is 12.6. The first-order valence-corrected chi connectivity index (χ1v) is 19.0. The normalized spacial score (nSPS) is 13.9. The van der Waals surface area contributed by atoms with Crippen LogP contribution in [0.25, 0.3) is 33.2 Å². The van der Waals surface area contributed by atoms with Gasteiger partial charge in [0.25, 0.3) is 0 Å². The molecule has 1 N–H and O–H groups in total. The lowest BCUT2D eigenvalue weighted by atomic mass is 9.84. The number of aliphatic hydroxyl groups is 1. The molecule has 0 aliphatic heterocycles. The highest BCUT2D eigenvalue weighted by molar-refractivity contribution is 5.87. The van der Waals surface area contributed by atoms with Gasteiger partial charge in [0.1, 0.15) is 0 Å². The van der Waals surface area contributed by atoms with Crippen LogP contribution in [0.2, 0.25) is 0 Å². The second kappa shape index (κ2) is 14.7. The number of aliphatic hydroxyl groups excluding tert-OH is 1. The third-order valence-electron chi connectivity index (χ3n) is 10.6. The van der Waals surface area contributed by atoms with Crippen LogP contribution in [0.5, 0.6) is 0 Å². The number of ketones is 1. The maximum Gasteiger partial charge on any atom is 0.155 e. The molecule has 2 aromatic heterocycles. The summed E-state index contributed by atoms with van der Waals surface area (Å²) in [5.74, 6) is 0.718. The smallest absolute Gasteiger partial charge is 0.155 e. The Kier molecular flexibility index (Phi) is 10.4. The monoisotopic (exact) mass is 692 g/mol. The molecule has 4 aromatic carbocycles. The molecular formula is C48H56N2O2. The Morgan fingerprint density at radius 3 is 1.67 bits per heavy atom. The number of allylic oxidation sites excluding steroid dienone is 2. The summed E-state index contributed by atoms with van der Waals surface area (Å²) in [6.07, 6.45) is 4.55. The molecule has 0 amide bonds. The Bertz CT molecular complexity index is 2120. The van der Waals surface area contributed by atoms with Crippen molar-refractivity contribution in [2.45, 2.75) is 111 Å². The highest BCUT2D eigenvalue weighted by Gasteiger charge is 2.26. The molecule has 6 aromatic rings. The summed E-state index contributed by atoms with van der Waals surface area (Å²) in [7, 11) is 0. The lowest BCUT2D eigenvalue weighted by Crippen LogP contribution is -2.18. The standard InChI is InChI=1S/C48H56N2O2/c1-10-35(36-22-19-34(20-23-36)21-24-42(52)26-33(3)51)25-32(2)39-27-40(49-43-17-13-11-15-37(43)29-45(49)47(4,5)6)31-41(28-39)50-44-18-14-12-16-38(44)30-46(50)48(7,8)9/h11-20,22-23,26-32,35,52H,10,21,24-25H2,1-9H3. The molecule has 2 heterocycles. The molecule has 0 aliphatic carbocycles. The number of hydrogen-bond donors (Lipinski definition) is 1. The zero-order chi connectivity index (χ0) is 37.4. The topological polar surface area (TPSA) is 47.2 Å². The Labute approximate surface area is 310 Å². The summed E-state index contributed by atoms with van der Waals surface area (Å²) >= 11 is 0. The van der Waals surface area contributed by atoms with Gasteiger partial charge < -0.3 is 14.2 Å². The number of benzene rings is 4. The van der Waals surface area contributed by atoms with Crippen molar-refractivity contribution in [1.82, 2.24) is 9.13 Å². The van der Waals surface area contributed by atoms with Gasteiger partial charge in [-0.1, -0.05) is 116 Å². The van der Waals surface area contributed by atoms with Crippen LogP contribution in [-0.2, 0) is 22.0 Å². The summed E-state index contributed by atoms with van der Waals surface area (Å²) in [4.78, 5) is 11.3. The molecule has 0 saturated heterocycles. The molecule has 2 atom stereocenters. The second-order valence-electron chi connectivity index (χ2n) is 16.9. The number of nitrogens with zero attached hydrogens (tertiary/aromatic N) is 2. The first-order chi connectivity index (χ1) is 24.6. The van der Waals surface area contributed by atoms with Crippen molar-refractivity contribution in [2.75, 3.05) is 0 Å². The van der Waals surface area contributed by atoms with Crippen LogP contribution < -0.4 is 0 Å². The molecule has 270 valence electrons. The van der Waals surface area contributed by atoms with Gasteiger partial charge in [-0.05, 0) is 97.2 Å². The third kappa shape index (κ3) is 7.82. The van der Waals surface area contributed by atoms with Gasteiger partial charge >= 0.3 is 0 Å². The predicted octanol–water partition coefficient (Wildman–Crippen LogP) is 12.8. The first-order valence-electron chi connectivity index (χ1n) is 19.0. The maximum absolute atomic E-state index is 11.3. The summed E-state index contributed by atoms with van der Waals surface area (Å²) < 4.78 is 4.99. The van der Waals surface area contributed by atoms with Crippen molar-refractivity contribution < 1.29 is 9.90 Å². The number of aryl methyl sites for hydroxylation is 1. The Morgan fingerprint density at radius 2 is 1.21 bits per heavy atom. The number of hydrogen-bond acceptors (Lipinski definition) is 2. The van der Waals surface area contributed by atoms with Crippen molar-refractivity contribution >= 4 is 27.6 Å². The molecule has 6 rings (SSSR count). The van der Waals surface area contributed by atoms with E-state index in [9.17, 15) is 9.90 Å². The minimum atomic E-state index is -0.127. The maximum atomic E-state index is 11.3. The van der Waals surface area contributed by atoms with Crippen LogP contribution in [0.4, 0.5) is 0 Å². The Balaban J connectivity index is 1.45. The van der Waals surface area contributed by atoms with Gasteiger partial charge in [-0.15, -0.1) is 0 Å². The molecule has 52 heavy (non-hydrogen) atoms. The zero-order valence-electron chi connectivity index (χ0n) is 32.6. The molecule has 4 nitrogen and oxygen atoms in total. The largest absolute Gasteiger partial charge is 0.512 e. The number of fused-ring (bicyclic) bond motifs is 2. The summed E-state index contributed by atoms with van der Waals surface area (Å²) in [5.41, 5.74) is 11.2. The van der Waals surface area contributed by atoms with Crippen LogP contribution in [0.1, 0.15) is 121 Å². The SMILES string of the molecule is CCC(CC(C)c1cc(-n2c(C(C)(C)C)cc3ccccc32)cc(-n2c(C(C)(C)C)cc3ccccc32)c1)c1ccc(CCC(O)=CC(C)=O)cc1. The predicted molar refractivity (Wildman–Crippen MR) is 220 cm³/mol. The number of aromatic nitrogens is 2. The van der Waals surface area contributed by atoms with Crippen LogP contribution >= 0.6 is 0 Å². The Morgan fingerprint density at radius 1 is 0.712 bits per heavy atom. The fourth-order valence-corrected chi connectivity index (χ4v) is 7.77. The first kappa shape index (κ1) is 36.9. The van der Waals surface area contributed by atoms with Crippen LogP contribution in [0.3, 0.4) is 0 Å². The number of rotatable bonds is 11.